The molecule has 3 N–H and O–H groups in total. The minimum absolute atomic E-state index is 0.344. The van der Waals surface area contributed by atoms with Gasteiger partial charge in [0.2, 0.25) is 0 Å². The van der Waals surface area contributed by atoms with Crippen LogP contribution in [0.25, 0.3) is 10.2 Å². The highest BCUT2D eigenvalue weighted by Gasteiger charge is 2.10. The third-order valence-corrected chi connectivity index (χ3v) is 4.00. The summed E-state index contributed by atoms with van der Waals surface area (Å²) < 4.78 is 1.12. The summed E-state index contributed by atoms with van der Waals surface area (Å²) in [6, 6.07) is 7.88. The van der Waals surface area contributed by atoms with E-state index in [-0.39, 0.29) is 0 Å². The van der Waals surface area contributed by atoms with Crippen LogP contribution in [0.4, 0.5) is 11.5 Å². The number of thiocarbonyl (C=S) groups is 1. The molecule has 0 saturated heterocycles. The van der Waals surface area contributed by atoms with Gasteiger partial charge in [0.1, 0.15) is 10.8 Å². The normalized spacial score (nSPS) is 10.7. The molecular formula is C14H12N4S2. The lowest BCUT2D eigenvalue weighted by Gasteiger charge is -2.12. The average Bonchev–Trinajstić information content (AvgIpc) is 2.85. The van der Waals surface area contributed by atoms with Crippen LogP contribution in [0.15, 0.2) is 36.0 Å². The third-order valence-electron chi connectivity index (χ3n) is 3.00. The van der Waals surface area contributed by atoms with Crippen LogP contribution in [0, 0.1) is 6.92 Å². The Morgan fingerprint density at radius 1 is 1.30 bits per heavy atom. The molecular weight excluding hydrogens is 288 g/mol. The fourth-order valence-electron chi connectivity index (χ4n) is 2.03. The first-order valence-corrected chi connectivity index (χ1v) is 7.29. The summed E-state index contributed by atoms with van der Waals surface area (Å²) in [4.78, 5) is 8.94. The van der Waals surface area contributed by atoms with Crippen molar-refractivity contribution in [3.63, 3.8) is 0 Å². The molecule has 0 aliphatic heterocycles. The number of nitrogens with one attached hydrogen (secondary N) is 1. The van der Waals surface area contributed by atoms with E-state index >= 15 is 0 Å². The third kappa shape index (κ3) is 2.35. The lowest BCUT2D eigenvalue weighted by molar-refractivity contribution is 1.26. The highest BCUT2D eigenvalue weighted by Crippen LogP contribution is 2.26. The van der Waals surface area contributed by atoms with Gasteiger partial charge in [-0.1, -0.05) is 12.2 Å². The molecule has 4 nitrogen and oxygen atoms in total. The van der Waals surface area contributed by atoms with E-state index in [0.717, 1.165) is 27.0 Å². The molecule has 0 spiro atoms. The van der Waals surface area contributed by atoms with Crippen molar-refractivity contribution < 1.29 is 0 Å². The molecule has 0 unspecified atom stereocenters. The van der Waals surface area contributed by atoms with Gasteiger partial charge in [-0.15, -0.1) is 11.3 Å². The minimum atomic E-state index is 0.344. The molecule has 0 atom stereocenters. The van der Waals surface area contributed by atoms with Crippen molar-refractivity contribution in [2.75, 3.05) is 5.32 Å². The van der Waals surface area contributed by atoms with Gasteiger partial charge in [0.25, 0.3) is 0 Å². The molecule has 6 heteroatoms. The van der Waals surface area contributed by atoms with E-state index in [1.165, 1.54) is 0 Å². The van der Waals surface area contributed by atoms with Gasteiger partial charge in [-0.25, -0.2) is 9.97 Å². The highest BCUT2D eigenvalue weighted by molar-refractivity contribution is 7.80. The summed E-state index contributed by atoms with van der Waals surface area (Å²) in [5.41, 5.74) is 11.3. The number of anilines is 2. The topological polar surface area (TPSA) is 63.8 Å². The molecule has 3 rings (SSSR count). The van der Waals surface area contributed by atoms with E-state index in [2.05, 4.69) is 15.3 Å². The molecule has 1 aromatic carbocycles. The first-order chi connectivity index (χ1) is 9.65. The van der Waals surface area contributed by atoms with E-state index in [4.69, 9.17) is 18.0 Å². The maximum Gasteiger partial charge on any atom is 0.140 e. The van der Waals surface area contributed by atoms with Crippen LogP contribution in [-0.2, 0) is 0 Å². The van der Waals surface area contributed by atoms with Crippen LogP contribution in [0.1, 0.15) is 11.1 Å². The number of hydrogen-bond acceptors (Lipinski definition) is 5. The second-order valence-corrected chi connectivity index (χ2v) is 5.70. The molecule has 100 valence electrons. The van der Waals surface area contributed by atoms with Gasteiger partial charge in [0.05, 0.1) is 21.3 Å². The van der Waals surface area contributed by atoms with Crippen LogP contribution in [-0.4, -0.2) is 15.0 Å². The summed E-state index contributed by atoms with van der Waals surface area (Å²) in [6.45, 7) is 1.97. The number of aromatic nitrogens is 2. The Morgan fingerprint density at radius 2 is 2.15 bits per heavy atom. The molecule has 0 amide bonds. The van der Waals surface area contributed by atoms with E-state index in [9.17, 15) is 0 Å². The molecule has 0 saturated carbocycles. The van der Waals surface area contributed by atoms with Gasteiger partial charge in [0.15, 0.2) is 0 Å². The van der Waals surface area contributed by atoms with Crippen molar-refractivity contribution in [1.29, 1.82) is 0 Å². The van der Waals surface area contributed by atoms with Gasteiger partial charge in [-0.2, -0.15) is 0 Å². The maximum absolute atomic E-state index is 5.79. The number of hydrogen-bond donors (Lipinski definition) is 2. The number of benzene rings is 1. The van der Waals surface area contributed by atoms with E-state index in [1.54, 1.807) is 17.5 Å². The SMILES string of the molecule is Cc1ccnc(Nc2ccc3ncsc3c2)c1C(N)=S. The zero-order chi connectivity index (χ0) is 14.1. The number of fused-ring (bicyclic) bond motifs is 1. The predicted molar refractivity (Wildman–Crippen MR) is 87.8 cm³/mol. The summed E-state index contributed by atoms with van der Waals surface area (Å²) in [7, 11) is 0. The lowest BCUT2D eigenvalue weighted by atomic mass is 10.1. The van der Waals surface area contributed by atoms with Crippen molar-refractivity contribution in [1.82, 2.24) is 9.97 Å². The standard InChI is InChI=1S/C14H12N4S2/c1-8-4-5-16-14(12(8)13(15)19)18-9-2-3-10-11(6-9)20-7-17-10/h2-7H,1H3,(H2,15,19)(H,16,18). The molecule has 0 bridgehead atoms. The lowest BCUT2D eigenvalue weighted by Crippen LogP contribution is -2.14. The van der Waals surface area contributed by atoms with Crippen molar-refractivity contribution in [2.24, 2.45) is 5.73 Å². The molecule has 0 radical (unpaired) electrons. The zero-order valence-electron chi connectivity index (χ0n) is 10.8. The van der Waals surface area contributed by atoms with Crippen molar-refractivity contribution in [3.8, 4) is 0 Å². The largest absolute Gasteiger partial charge is 0.389 e. The monoisotopic (exact) mass is 300 g/mol. The second kappa shape index (κ2) is 5.15. The molecule has 3 aromatic rings. The number of aryl methyl sites for hydroxylation is 1. The van der Waals surface area contributed by atoms with E-state index in [0.29, 0.717) is 10.8 Å². The van der Waals surface area contributed by atoms with Crippen molar-refractivity contribution in [3.05, 3.63) is 47.1 Å². The Morgan fingerprint density at radius 3 is 2.95 bits per heavy atom. The summed E-state index contributed by atoms with van der Waals surface area (Å²) >= 11 is 6.71. The van der Waals surface area contributed by atoms with E-state index < -0.39 is 0 Å². The van der Waals surface area contributed by atoms with Crippen molar-refractivity contribution in [2.45, 2.75) is 6.92 Å². The summed E-state index contributed by atoms with van der Waals surface area (Å²) in [5, 5.41) is 3.28. The molecule has 0 aliphatic carbocycles. The Balaban J connectivity index is 2.02. The van der Waals surface area contributed by atoms with Gasteiger partial charge in [-0.3, -0.25) is 0 Å². The van der Waals surface area contributed by atoms with Gasteiger partial charge < -0.3 is 11.1 Å². The molecule has 2 heterocycles. The van der Waals surface area contributed by atoms with E-state index in [1.807, 2.05) is 36.7 Å². The highest BCUT2D eigenvalue weighted by atomic mass is 32.1. The maximum atomic E-state index is 5.79. The number of pyridine rings is 1. The number of rotatable bonds is 3. The van der Waals surface area contributed by atoms with Crippen LogP contribution in [0.3, 0.4) is 0 Å². The average molecular weight is 300 g/mol. The first kappa shape index (κ1) is 13.0. The van der Waals surface area contributed by atoms with Gasteiger partial charge in [-0.05, 0) is 36.8 Å². The Bertz CT molecular complexity index is 795. The fourth-order valence-corrected chi connectivity index (χ4v) is 3.01. The molecule has 0 fully saturated rings. The zero-order valence-corrected chi connectivity index (χ0v) is 12.4. The van der Waals surface area contributed by atoms with Crippen molar-refractivity contribution >= 4 is 50.3 Å². The fraction of sp³-hybridized carbons (Fsp3) is 0.0714. The summed E-state index contributed by atoms with van der Waals surface area (Å²) in [5.74, 6) is 0.682. The quantitative estimate of drug-likeness (QED) is 0.726. The Hall–Kier alpha value is -2.05. The van der Waals surface area contributed by atoms with Crippen LogP contribution in [0.5, 0.6) is 0 Å². The first-order valence-electron chi connectivity index (χ1n) is 6.01. The van der Waals surface area contributed by atoms with Crippen LogP contribution < -0.4 is 11.1 Å². The van der Waals surface area contributed by atoms with Gasteiger partial charge >= 0.3 is 0 Å². The predicted octanol–water partition coefficient (Wildman–Crippen LogP) is 3.38. The number of thiazole rings is 1. The minimum Gasteiger partial charge on any atom is -0.389 e. The van der Waals surface area contributed by atoms with Gasteiger partial charge in [0, 0.05) is 11.9 Å². The second-order valence-electron chi connectivity index (χ2n) is 4.38. The Kier molecular flexibility index (Phi) is 3.33. The smallest absolute Gasteiger partial charge is 0.140 e. The molecule has 0 aliphatic rings. The molecule has 20 heavy (non-hydrogen) atoms. The van der Waals surface area contributed by atoms with Crippen LogP contribution in [0.2, 0.25) is 0 Å². The van der Waals surface area contributed by atoms with Crippen LogP contribution >= 0.6 is 23.6 Å². The number of nitrogens with zero attached hydrogens (tertiary/aromatic N) is 2. The summed E-state index contributed by atoms with van der Waals surface area (Å²) in [6.07, 6.45) is 1.74. The molecule has 2 aromatic heterocycles. The Labute approximate surface area is 125 Å². The number of nitrogens with two attached hydrogens (primary N) is 1.